The number of pyridine rings is 1. The molecule has 1 fully saturated rings. The predicted molar refractivity (Wildman–Crippen MR) is 90.0 cm³/mol. The van der Waals surface area contributed by atoms with Gasteiger partial charge in [-0.3, -0.25) is 4.79 Å². The maximum atomic E-state index is 12.5. The molecule has 138 valence electrons. The third-order valence-corrected chi connectivity index (χ3v) is 5.56. The normalized spacial score (nSPS) is 18.9. The van der Waals surface area contributed by atoms with Crippen LogP contribution in [0.25, 0.3) is 0 Å². The summed E-state index contributed by atoms with van der Waals surface area (Å²) in [5.74, 6) is -0.792. The molecule has 10 heteroatoms. The summed E-state index contributed by atoms with van der Waals surface area (Å²) < 4.78 is 28.7. The van der Waals surface area contributed by atoms with Crippen LogP contribution in [0.4, 0.5) is 5.82 Å². The topological polar surface area (TPSA) is 120 Å². The van der Waals surface area contributed by atoms with Gasteiger partial charge in [0.05, 0.1) is 11.5 Å². The highest BCUT2D eigenvalue weighted by Gasteiger charge is 2.35. The summed E-state index contributed by atoms with van der Waals surface area (Å²) in [4.78, 5) is 27.9. The number of amides is 1. The van der Waals surface area contributed by atoms with Crippen molar-refractivity contribution in [3.8, 4) is 5.75 Å². The number of carbonyl (C=O) groups excluding carboxylic acids is 1. The fourth-order valence-electron chi connectivity index (χ4n) is 2.72. The lowest BCUT2D eigenvalue weighted by Crippen LogP contribution is -2.45. The standard InChI is InChI=1S/C15H21N3O6S/c1-11(2)8-17(12-5-7-25(22,23)10-12)14(19)9-24-13-4-3-6-16-15(13)18(20)21/h3-4,6,11-12H,5,7-10H2,1-2H3/t12-/m1/s1. The summed E-state index contributed by atoms with van der Waals surface area (Å²) in [6.45, 7) is 3.85. The number of nitro groups is 1. The zero-order valence-corrected chi connectivity index (χ0v) is 14.9. The molecule has 1 atom stereocenters. The Morgan fingerprint density at radius 1 is 1.52 bits per heavy atom. The minimum Gasteiger partial charge on any atom is -0.476 e. The molecule has 0 radical (unpaired) electrons. The number of rotatable bonds is 7. The van der Waals surface area contributed by atoms with Gasteiger partial charge in [-0.1, -0.05) is 13.8 Å². The zero-order chi connectivity index (χ0) is 18.6. The van der Waals surface area contributed by atoms with Crippen molar-refractivity contribution in [2.75, 3.05) is 24.7 Å². The number of hydrogen-bond acceptors (Lipinski definition) is 7. The largest absolute Gasteiger partial charge is 0.476 e. The molecule has 1 saturated heterocycles. The number of carbonyl (C=O) groups is 1. The lowest BCUT2D eigenvalue weighted by atomic mass is 10.1. The highest BCUT2D eigenvalue weighted by Crippen LogP contribution is 2.24. The van der Waals surface area contributed by atoms with Gasteiger partial charge in [-0.05, 0) is 34.4 Å². The van der Waals surface area contributed by atoms with Crippen molar-refractivity contribution >= 4 is 21.6 Å². The molecule has 0 unspecified atom stereocenters. The molecule has 1 aliphatic rings. The molecular weight excluding hydrogens is 350 g/mol. The van der Waals surface area contributed by atoms with Gasteiger partial charge in [0.15, 0.2) is 16.4 Å². The van der Waals surface area contributed by atoms with Crippen LogP contribution in [-0.4, -0.2) is 59.8 Å². The molecule has 0 spiro atoms. The van der Waals surface area contributed by atoms with E-state index in [9.17, 15) is 23.3 Å². The van der Waals surface area contributed by atoms with E-state index in [-0.39, 0.29) is 29.2 Å². The molecule has 0 saturated carbocycles. The minimum absolute atomic E-state index is 0.0570. The van der Waals surface area contributed by atoms with Gasteiger partial charge in [-0.25, -0.2) is 8.42 Å². The molecule has 0 aliphatic carbocycles. The second kappa shape index (κ2) is 7.77. The molecule has 1 amide bonds. The van der Waals surface area contributed by atoms with Crippen molar-refractivity contribution in [2.24, 2.45) is 5.92 Å². The molecule has 25 heavy (non-hydrogen) atoms. The highest BCUT2D eigenvalue weighted by atomic mass is 32.2. The summed E-state index contributed by atoms with van der Waals surface area (Å²) in [6.07, 6.45) is 1.66. The highest BCUT2D eigenvalue weighted by molar-refractivity contribution is 7.91. The Bertz CT molecular complexity index is 749. The van der Waals surface area contributed by atoms with Crippen LogP contribution in [0.3, 0.4) is 0 Å². The van der Waals surface area contributed by atoms with Gasteiger partial charge < -0.3 is 19.8 Å². The van der Waals surface area contributed by atoms with Crippen LogP contribution in [0.1, 0.15) is 20.3 Å². The minimum atomic E-state index is -3.13. The second-order valence-corrected chi connectivity index (χ2v) is 8.60. The Hall–Kier alpha value is -2.23. The van der Waals surface area contributed by atoms with E-state index in [0.717, 1.165) is 0 Å². The van der Waals surface area contributed by atoms with Crippen LogP contribution >= 0.6 is 0 Å². The maximum absolute atomic E-state index is 12.5. The van der Waals surface area contributed by atoms with E-state index in [1.165, 1.54) is 23.2 Å². The Labute approximate surface area is 146 Å². The van der Waals surface area contributed by atoms with Gasteiger partial charge in [0, 0.05) is 12.6 Å². The monoisotopic (exact) mass is 371 g/mol. The van der Waals surface area contributed by atoms with Crippen molar-refractivity contribution in [3.63, 3.8) is 0 Å². The van der Waals surface area contributed by atoms with E-state index in [0.29, 0.717) is 13.0 Å². The average Bonchev–Trinajstić information content (AvgIpc) is 2.90. The molecule has 2 rings (SSSR count). The zero-order valence-electron chi connectivity index (χ0n) is 14.1. The number of hydrogen-bond donors (Lipinski definition) is 0. The molecule has 2 heterocycles. The Morgan fingerprint density at radius 3 is 2.80 bits per heavy atom. The summed E-state index contributed by atoms with van der Waals surface area (Å²) in [6, 6.07) is 2.46. The fraction of sp³-hybridized carbons (Fsp3) is 0.600. The first-order valence-electron chi connectivity index (χ1n) is 7.91. The predicted octanol–water partition coefficient (Wildman–Crippen LogP) is 1.04. The smallest absolute Gasteiger partial charge is 0.406 e. The molecule has 0 N–H and O–H groups in total. The number of aromatic nitrogens is 1. The van der Waals surface area contributed by atoms with Crippen molar-refractivity contribution in [3.05, 3.63) is 28.4 Å². The molecule has 1 aromatic heterocycles. The van der Waals surface area contributed by atoms with Crippen molar-refractivity contribution in [1.82, 2.24) is 9.88 Å². The van der Waals surface area contributed by atoms with Gasteiger partial charge in [-0.2, -0.15) is 0 Å². The van der Waals surface area contributed by atoms with Crippen LogP contribution in [0.2, 0.25) is 0 Å². The van der Waals surface area contributed by atoms with Crippen molar-refractivity contribution < 1.29 is 22.9 Å². The van der Waals surface area contributed by atoms with Crippen LogP contribution in [0.5, 0.6) is 5.75 Å². The summed E-state index contributed by atoms with van der Waals surface area (Å²) in [7, 11) is -3.13. The third-order valence-electron chi connectivity index (χ3n) is 3.81. The van der Waals surface area contributed by atoms with E-state index in [2.05, 4.69) is 4.98 Å². The van der Waals surface area contributed by atoms with Crippen LogP contribution < -0.4 is 4.74 Å². The molecule has 1 aromatic rings. The fourth-order valence-corrected chi connectivity index (χ4v) is 4.45. The van der Waals surface area contributed by atoms with Gasteiger partial charge in [0.25, 0.3) is 5.91 Å². The molecule has 0 bridgehead atoms. The average molecular weight is 371 g/mol. The first kappa shape index (κ1) is 19.1. The van der Waals surface area contributed by atoms with Gasteiger partial charge in [0.1, 0.15) is 6.20 Å². The van der Waals surface area contributed by atoms with E-state index in [1.54, 1.807) is 0 Å². The lowest BCUT2D eigenvalue weighted by molar-refractivity contribution is -0.390. The van der Waals surface area contributed by atoms with Crippen LogP contribution in [0.15, 0.2) is 18.3 Å². The van der Waals surface area contributed by atoms with Gasteiger partial charge in [-0.15, -0.1) is 0 Å². The summed E-state index contributed by atoms with van der Waals surface area (Å²) in [5, 5.41) is 10.9. The number of ether oxygens (including phenoxy) is 1. The molecule has 9 nitrogen and oxygen atoms in total. The van der Waals surface area contributed by atoms with E-state index in [1.807, 2.05) is 13.8 Å². The molecule has 1 aliphatic heterocycles. The third kappa shape index (κ3) is 5.12. The maximum Gasteiger partial charge on any atom is 0.406 e. The van der Waals surface area contributed by atoms with Crippen molar-refractivity contribution in [2.45, 2.75) is 26.3 Å². The van der Waals surface area contributed by atoms with Crippen molar-refractivity contribution in [1.29, 1.82) is 0 Å². The SMILES string of the molecule is CC(C)CN(C(=O)COc1cccnc1[N+](=O)[O-])[C@@H]1CCS(=O)(=O)C1. The van der Waals surface area contributed by atoms with Crippen LogP contribution in [0, 0.1) is 16.0 Å². The first-order chi connectivity index (χ1) is 11.7. The molecular formula is C15H21N3O6S. The molecule has 0 aromatic carbocycles. The van der Waals surface area contributed by atoms with E-state index in [4.69, 9.17) is 4.74 Å². The second-order valence-electron chi connectivity index (χ2n) is 6.37. The van der Waals surface area contributed by atoms with E-state index >= 15 is 0 Å². The lowest BCUT2D eigenvalue weighted by Gasteiger charge is -2.29. The summed E-state index contributed by atoms with van der Waals surface area (Å²) in [5.41, 5.74) is 0. The van der Waals surface area contributed by atoms with Crippen LogP contribution in [-0.2, 0) is 14.6 Å². The van der Waals surface area contributed by atoms with E-state index < -0.39 is 33.1 Å². The number of nitrogens with zero attached hydrogens (tertiary/aromatic N) is 3. The number of sulfone groups is 1. The Kier molecular flexibility index (Phi) is 5.93. The Balaban J connectivity index is 2.09. The Morgan fingerprint density at radius 2 is 2.24 bits per heavy atom. The quantitative estimate of drug-likeness (QED) is 0.519. The van der Waals surface area contributed by atoms with Gasteiger partial charge in [0.2, 0.25) is 5.75 Å². The van der Waals surface area contributed by atoms with Gasteiger partial charge >= 0.3 is 5.82 Å². The first-order valence-corrected chi connectivity index (χ1v) is 9.74. The summed E-state index contributed by atoms with van der Waals surface area (Å²) >= 11 is 0.